The summed E-state index contributed by atoms with van der Waals surface area (Å²) in [4.78, 5) is 5.35. The molecule has 2 aliphatic rings. The molecule has 134 valence electrons. The number of unbranched alkanes of at least 4 members (excludes halogenated alkanes) is 3. The van der Waals surface area contributed by atoms with E-state index in [1.54, 1.807) is 0 Å². The standard InChI is InChI=1S/C22H36N2/c1-2-3-4-6-9-20-12-14-22(15-13-20)24-18-16-23(17-19-24)21-10-7-5-8-11-21/h12-15,21H,2-11,16-19H2,1H3. The Kier molecular flexibility index (Phi) is 7.01. The van der Waals surface area contributed by atoms with E-state index < -0.39 is 0 Å². The Hall–Kier alpha value is -1.02. The molecule has 1 saturated heterocycles. The van der Waals surface area contributed by atoms with E-state index in [2.05, 4.69) is 41.0 Å². The topological polar surface area (TPSA) is 6.48 Å². The SMILES string of the molecule is CCCCCCc1ccc(N2CCN(C3CCCCC3)CC2)cc1. The van der Waals surface area contributed by atoms with Gasteiger partial charge in [-0.15, -0.1) is 0 Å². The smallest absolute Gasteiger partial charge is 0.0367 e. The molecule has 1 aliphatic heterocycles. The van der Waals surface area contributed by atoms with E-state index in [1.165, 1.54) is 102 Å². The lowest BCUT2D eigenvalue weighted by Gasteiger charge is -2.41. The van der Waals surface area contributed by atoms with Gasteiger partial charge in [0.2, 0.25) is 0 Å². The Morgan fingerprint density at radius 2 is 1.54 bits per heavy atom. The van der Waals surface area contributed by atoms with Gasteiger partial charge in [-0.3, -0.25) is 4.90 Å². The fourth-order valence-electron chi connectivity index (χ4n) is 4.42. The normalized spacial score (nSPS) is 20.5. The summed E-state index contributed by atoms with van der Waals surface area (Å²) in [5.74, 6) is 0. The maximum atomic E-state index is 2.76. The molecular weight excluding hydrogens is 292 g/mol. The third kappa shape index (κ3) is 4.99. The molecular formula is C22H36N2. The van der Waals surface area contributed by atoms with E-state index in [0.717, 1.165) is 6.04 Å². The molecule has 0 spiro atoms. The number of anilines is 1. The van der Waals surface area contributed by atoms with Gasteiger partial charge >= 0.3 is 0 Å². The van der Waals surface area contributed by atoms with E-state index in [4.69, 9.17) is 0 Å². The summed E-state index contributed by atoms with van der Waals surface area (Å²) in [6.45, 7) is 7.19. The van der Waals surface area contributed by atoms with E-state index in [1.807, 2.05) is 0 Å². The van der Waals surface area contributed by atoms with Gasteiger partial charge in [-0.25, -0.2) is 0 Å². The highest BCUT2D eigenvalue weighted by Crippen LogP contribution is 2.25. The Bertz CT molecular complexity index is 453. The molecule has 1 saturated carbocycles. The van der Waals surface area contributed by atoms with Crippen LogP contribution in [0.3, 0.4) is 0 Å². The van der Waals surface area contributed by atoms with Crippen molar-refractivity contribution in [3.63, 3.8) is 0 Å². The number of hydrogen-bond acceptors (Lipinski definition) is 2. The van der Waals surface area contributed by atoms with Gasteiger partial charge in [0.05, 0.1) is 0 Å². The third-order valence-corrected chi connectivity index (χ3v) is 6.03. The van der Waals surface area contributed by atoms with Crippen LogP contribution in [0.25, 0.3) is 0 Å². The Morgan fingerprint density at radius 1 is 0.833 bits per heavy atom. The zero-order valence-electron chi connectivity index (χ0n) is 15.7. The maximum Gasteiger partial charge on any atom is 0.0367 e. The lowest BCUT2D eigenvalue weighted by molar-refractivity contribution is 0.148. The van der Waals surface area contributed by atoms with E-state index in [-0.39, 0.29) is 0 Å². The monoisotopic (exact) mass is 328 g/mol. The van der Waals surface area contributed by atoms with Crippen LogP contribution in [0.4, 0.5) is 5.69 Å². The highest BCUT2D eigenvalue weighted by Gasteiger charge is 2.25. The summed E-state index contributed by atoms with van der Waals surface area (Å²) in [6, 6.07) is 10.3. The fourth-order valence-corrected chi connectivity index (χ4v) is 4.42. The summed E-state index contributed by atoms with van der Waals surface area (Å²) in [7, 11) is 0. The molecule has 2 fully saturated rings. The van der Waals surface area contributed by atoms with Gasteiger partial charge in [0.25, 0.3) is 0 Å². The largest absolute Gasteiger partial charge is 0.369 e. The summed E-state index contributed by atoms with van der Waals surface area (Å²) in [5, 5.41) is 0. The molecule has 2 heteroatoms. The predicted octanol–water partition coefficient (Wildman–Crippen LogP) is 5.26. The van der Waals surface area contributed by atoms with Crippen molar-refractivity contribution >= 4 is 5.69 Å². The first kappa shape index (κ1) is 17.8. The first-order chi connectivity index (χ1) is 11.9. The van der Waals surface area contributed by atoms with Gasteiger partial charge < -0.3 is 4.90 Å². The Balaban J connectivity index is 1.44. The molecule has 1 aromatic rings. The third-order valence-electron chi connectivity index (χ3n) is 6.03. The van der Waals surface area contributed by atoms with Crippen LogP contribution >= 0.6 is 0 Å². The first-order valence-corrected chi connectivity index (χ1v) is 10.4. The average molecular weight is 329 g/mol. The van der Waals surface area contributed by atoms with Crippen LogP contribution in [0.2, 0.25) is 0 Å². The molecule has 24 heavy (non-hydrogen) atoms. The van der Waals surface area contributed by atoms with Crippen molar-refractivity contribution in [3.8, 4) is 0 Å². The van der Waals surface area contributed by atoms with E-state index in [9.17, 15) is 0 Å². The number of benzene rings is 1. The molecule has 3 rings (SSSR count). The van der Waals surface area contributed by atoms with Gasteiger partial charge in [-0.2, -0.15) is 0 Å². The average Bonchev–Trinajstić information content (AvgIpc) is 2.67. The van der Waals surface area contributed by atoms with Gasteiger partial charge in [-0.1, -0.05) is 57.6 Å². The molecule has 0 atom stereocenters. The van der Waals surface area contributed by atoms with E-state index >= 15 is 0 Å². The minimum atomic E-state index is 0.881. The quantitative estimate of drug-likeness (QED) is 0.630. The van der Waals surface area contributed by atoms with Crippen molar-refractivity contribution in [1.82, 2.24) is 4.90 Å². The van der Waals surface area contributed by atoms with Crippen molar-refractivity contribution < 1.29 is 0 Å². The van der Waals surface area contributed by atoms with Crippen LogP contribution in [0.15, 0.2) is 24.3 Å². The molecule has 1 aliphatic carbocycles. The Morgan fingerprint density at radius 3 is 2.21 bits per heavy atom. The fraction of sp³-hybridized carbons (Fsp3) is 0.727. The number of nitrogens with zero attached hydrogens (tertiary/aromatic N) is 2. The minimum absolute atomic E-state index is 0.881. The molecule has 0 unspecified atom stereocenters. The highest BCUT2D eigenvalue weighted by atomic mass is 15.3. The summed E-state index contributed by atoms with van der Waals surface area (Å²) >= 11 is 0. The molecule has 1 aromatic carbocycles. The highest BCUT2D eigenvalue weighted by molar-refractivity contribution is 5.48. The van der Waals surface area contributed by atoms with Crippen LogP contribution < -0.4 is 4.90 Å². The van der Waals surface area contributed by atoms with E-state index in [0.29, 0.717) is 0 Å². The summed E-state index contributed by atoms with van der Waals surface area (Å²) < 4.78 is 0. The van der Waals surface area contributed by atoms with Crippen molar-refractivity contribution in [2.75, 3.05) is 31.1 Å². The second kappa shape index (κ2) is 9.46. The lowest BCUT2D eigenvalue weighted by atomic mass is 9.94. The number of aryl methyl sites for hydroxylation is 1. The van der Waals surface area contributed by atoms with Gasteiger partial charge in [0, 0.05) is 37.9 Å². The van der Waals surface area contributed by atoms with Gasteiger partial charge in [0.1, 0.15) is 0 Å². The number of piperazine rings is 1. The van der Waals surface area contributed by atoms with Crippen LogP contribution in [0, 0.1) is 0 Å². The molecule has 2 nitrogen and oxygen atoms in total. The number of rotatable bonds is 7. The molecule has 1 heterocycles. The summed E-state index contributed by atoms with van der Waals surface area (Å²) in [5.41, 5.74) is 2.94. The van der Waals surface area contributed by atoms with Crippen LogP contribution in [0.1, 0.15) is 70.3 Å². The first-order valence-electron chi connectivity index (χ1n) is 10.4. The predicted molar refractivity (Wildman–Crippen MR) is 105 cm³/mol. The van der Waals surface area contributed by atoms with Gasteiger partial charge in [-0.05, 0) is 43.4 Å². The van der Waals surface area contributed by atoms with Gasteiger partial charge in [0.15, 0.2) is 0 Å². The van der Waals surface area contributed by atoms with Crippen molar-refractivity contribution in [1.29, 1.82) is 0 Å². The minimum Gasteiger partial charge on any atom is -0.369 e. The van der Waals surface area contributed by atoms with Crippen molar-refractivity contribution in [3.05, 3.63) is 29.8 Å². The van der Waals surface area contributed by atoms with Crippen LogP contribution in [-0.2, 0) is 6.42 Å². The second-order valence-corrected chi connectivity index (χ2v) is 7.79. The zero-order valence-corrected chi connectivity index (χ0v) is 15.7. The molecule has 0 N–H and O–H groups in total. The molecule has 0 amide bonds. The lowest BCUT2D eigenvalue weighted by Crippen LogP contribution is -2.50. The molecule has 0 bridgehead atoms. The van der Waals surface area contributed by atoms with Crippen LogP contribution in [0.5, 0.6) is 0 Å². The number of hydrogen-bond donors (Lipinski definition) is 0. The van der Waals surface area contributed by atoms with Crippen molar-refractivity contribution in [2.24, 2.45) is 0 Å². The molecule has 0 radical (unpaired) electrons. The molecule has 0 aromatic heterocycles. The zero-order chi connectivity index (χ0) is 16.6. The van der Waals surface area contributed by atoms with Crippen molar-refractivity contribution in [2.45, 2.75) is 77.2 Å². The second-order valence-electron chi connectivity index (χ2n) is 7.79. The maximum absolute atomic E-state index is 2.76. The van der Waals surface area contributed by atoms with Crippen LogP contribution in [-0.4, -0.2) is 37.1 Å². The Labute approximate surface area is 149 Å². The summed E-state index contributed by atoms with van der Waals surface area (Å²) in [6.07, 6.45) is 13.9.